The van der Waals surface area contributed by atoms with E-state index in [9.17, 15) is 4.79 Å². The molecule has 0 spiro atoms. The normalized spacial score (nSPS) is 34.3. The highest BCUT2D eigenvalue weighted by Crippen LogP contribution is 2.23. The molecule has 86 valence electrons. The minimum Gasteiger partial charge on any atom is -0.381 e. The average molecular weight is 211 g/mol. The summed E-state index contributed by atoms with van der Waals surface area (Å²) in [4.78, 5) is 11.5. The van der Waals surface area contributed by atoms with Crippen LogP contribution in [0.15, 0.2) is 0 Å². The molecule has 0 saturated carbocycles. The van der Waals surface area contributed by atoms with E-state index in [0.717, 1.165) is 32.0 Å². The third kappa shape index (κ3) is 3.28. The minimum atomic E-state index is 0.371. The molecular weight excluding hydrogens is 190 g/mol. The molecule has 2 rings (SSSR count). The molecule has 2 atom stereocenters. The number of carbonyl (C=O) groups excluding carboxylic acids is 1. The molecule has 0 radical (unpaired) electrons. The van der Waals surface area contributed by atoms with E-state index >= 15 is 0 Å². The van der Waals surface area contributed by atoms with E-state index in [0.29, 0.717) is 24.3 Å². The van der Waals surface area contributed by atoms with Gasteiger partial charge in [0.05, 0.1) is 0 Å². The van der Waals surface area contributed by atoms with E-state index in [2.05, 4.69) is 12.2 Å². The van der Waals surface area contributed by atoms with Crippen molar-refractivity contribution < 1.29 is 9.53 Å². The first-order valence-corrected chi connectivity index (χ1v) is 6.09. The molecule has 2 aliphatic rings. The van der Waals surface area contributed by atoms with Gasteiger partial charge in [0.15, 0.2) is 0 Å². The number of carbonyl (C=O) groups is 1. The zero-order valence-electron chi connectivity index (χ0n) is 9.50. The Morgan fingerprint density at radius 2 is 2.07 bits per heavy atom. The van der Waals surface area contributed by atoms with Crippen LogP contribution < -0.4 is 5.32 Å². The van der Waals surface area contributed by atoms with Crippen molar-refractivity contribution in [3.63, 3.8) is 0 Å². The van der Waals surface area contributed by atoms with Crippen molar-refractivity contribution in [3.05, 3.63) is 0 Å². The fraction of sp³-hybridized carbons (Fsp3) is 0.917. The molecule has 15 heavy (non-hydrogen) atoms. The van der Waals surface area contributed by atoms with Crippen molar-refractivity contribution in [3.8, 4) is 0 Å². The molecule has 0 aromatic heterocycles. The lowest BCUT2D eigenvalue weighted by Gasteiger charge is -2.32. The number of nitrogens with one attached hydrogen (secondary N) is 1. The highest BCUT2D eigenvalue weighted by molar-refractivity contribution is 5.80. The van der Waals surface area contributed by atoms with Gasteiger partial charge < -0.3 is 10.1 Å². The van der Waals surface area contributed by atoms with Gasteiger partial charge in [0, 0.05) is 38.1 Å². The monoisotopic (exact) mass is 211 g/mol. The van der Waals surface area contributed by atoms with Gasteiger partial charge in [-0.05, 0) is 32.1 Å². The van der Waals surface area contributed by atoms with Gasteiger partial charge in [-0.25, -0.2) is 0 Å². The molecule has 1 N–H and O–H groups in total. The Labute approximate surface area is 91.6 Å². The molecule has 2 saturated heterocycles. The quantitative estimate of drug-likeness (QED) is 0.752. The number of rotatable bonds is 2. The summed E-state index contributed by atoms with van der Waals surface area (Å²) in [5.41, 5.74) is 0. The zero-order valence-corrected chi connectivity index (χ0v) is 9.50. The van der Waals surface area contributed by atoms with Crippen LogP contribution in [0.5, 0.6) is 0 Å². The van der Waals surface area contributed by atoms with Gasteiger partial charge in [-0.2, -0.15) is 0 Å². The molecule has 0 aromatic rings. The van der Waals surface area contributed by atoms with Crippen LogP contribution in [0.2, 0.25) is 0 Å². The molecule has 3 heteroatoms. The first-order chi connectivity index (χ1) is 7.24. The maximum atomic E-state index is 11.5. The maximum absolute atomic E-state index is 11.5. The molecule has 0 aromatic carbocycles. The third-order valence-corrected chi connectivity index (χ3v) is 3.49. The Morgan fingerprint density at radius 1 is 1.33 bits per heavy atom. The number of piperidine rings is 1. The summed E-state index contributed by atoms with van der Waals surface area (Å²) in [6.07, 6.45) is 4.94. The summed E-state index contributed by atoms with van der Waals surface area (Å²) < 4.78 is 5.34. The Kier molecular flexibility index (Phi) is 3.76. The topological polar surface area (TPSA) is 38.3 Å². The second-order valence-electron chi connectivity index (χ2n) is 5.00. The Balaban J connectivity index is 1.79. The molecule has 2 unspecified atom stereocenters. The summed E-state index contributed by atoms with van der Waals surface area (Å²) in [6, 6.07) is 0.792. The van der Waals surface area contributed by atoms with E-state index in [-0.39, 0.29) is 0 Å². The minimum absolute atomic E-state index is 0.371. The second-order valence-corrected chi connectivity index (χ2v) is 5.00. The number of hydrogen-bond acceptors (Lipinski definition) is 3. The molecule has 0 amide bonds. The van der Waals surface area contributed by atoms with Gasteiger partial charge in [-0.1, -0.05) is 0 Å². The van der Waals surface area contributed by atoms with E-state index in [1.165, 1.54) is 12.8 Å². The van der Waals surface area contributed by atoms with Crippen molar-refractivity contribution in [1.82, 2.24) is 5.32 Å². The second kappa shape index (κ2) is 5.08. The van der Waals surface area contributed by atoms with Crippen LogP contribution in [0.1, 0.15) is 39.0 Å². The number of ether oxygens (including phenoxy) is 1. The van der Waals surface area contributed by atoms with Gasteiger partial charge in [0.25, 0.3) is 0 Å². The van der Waals surface area contributed by atoms with Crippen LogP contribution >= 0.6 is 0 Å². The Bertz CT molecular complexity index is 224. The van der Waals surface area contributed by atoms with Crippen LogP contribution in [0, 0.1) is 5.92 Å². The van der Waals surface area contributed by atoms with Gasteiger partial charge in [-0.3, -0.25) is 4.79 Å². The number of ketones is 1. The van der Waals surface area contributed by atoms with Gasteiger partial charge in [0.1, 0.15) is 5.78 Å². The summed E-state index contributed by atoms with van der Waals surface area (Å²) >= 11 is 0. The van der Waals surface area contributed by atoms with Crippen molar-refractivity contribution in [2.75, 3.05) is 13.2 Å². The van der Waals surface area contributed by atoms with Crippen LogP contribution in [0.4, 0.5) is 0 Å². The van der Waals surface area contributed by atoms with E-state index in [1.54, 1.807) is 0 Å². The summed E-state index contributed by atoms with van der Waals surface area (Å²) in [6.45, 7) is 3.91. The van der Waals surface area contributed by atoms with Gasteiger partial charge >= 0.3 is 0 Å². The molecule has 3 nitrogen and oxygen atoms in total. The molecule has 0 aliphatic carbocycles. The largest absolute Gasteiger partial charge is 0.381 e. The highest BCUT2D eigenvalue weighted by atomic mass is 16.5. The third-order valence-electron chi connectivity index (χ3n) is 3.49. The molecule has 0 bridgehead atoms. The predicted molar refractivity (Wildman–Crippen MR) is 58.8 cm³/mol. The SMILES string of the molecule is CC1CC(=O)CC(CC2CCOCC2)N1. The Hall–Kier alpha value is -0.410. The molecule has 2 fully saturated rings. The molecular formula is C12H21NO2. The van der Waals surface area contributed by atoms with Crippen molar-refractivity contribution in [2.24, 2.45) is 5.92 Å². The molecule has 2 heterocycles. The standard InChI is InChI=1S/C12H21NO2/c1-9-6-12(14)8-11(13-9)7-10-2-4-15-5-3-10/h9-11,13H,2-8H2,1H3. The fourth-order valence-corrected chi connectivity index (χ4v) is 2.76. The van der Waals surface area contributed by atoms with Crippen molar-refractivity contribution >= 4 is 5.78 Å². The summed E-state index contributed by atoms with van der Waals surface area (Å²) in [7, 11) is 0. The van der Waals surface area contributed by atoms with E-state index in [1.807, 2.05) is 0 Å². The number of hydrogen-bond donors (Lipinski definition) is 1. The van der Waals surface area contributed by atoms with Crippen molar-refractivity contribution in [2.45, 2.75) is 51.1 Å². The maximum Gasteiger partial charge on any atom is 0.136 e. The van der Waals surface area contributed by atoms with Gasteiger partial charge in [-0.15, -0.1) is 0 Å². The number of Topliss-reactive ketones (excluding diaryl/α,β-unsaturated/α-hetero) is 1. The smallest absolute Gasteiger partial charge is 0.136 e. The van der Waals surface area contributed by atoms with E-state index < -0.39 is 0 Å². The fourth-order valence-electron chi connectivity index (χ4n) is 2.76. The lowest BCUT2D eigenvalue weighted by atomic mass is 9.87. The highest BCUT2D eigenvalue weighted by Gasteiger charge is 2.26. The van der Waals surface area contributed by atoms with Gasteiger partial charge in [0.2, 0.25) is 0 Å². The van der Waals surface area contributed by atoms with Crippen LogP contribution in [0.25, 0.3) is 0 Å². The predicted octanol–water partition coefficient (Wildman–Crippen LogP) is 1.51. The summed E-state index contributed by atoms with van der Waals surface area (Å²) in [5, 5.41) is 3.53. The summed E-state index contributed by atoms with van der Waals surface area (Å²) in [5.74, 6) is 1.19. The lowest BCUT2D eigenvalue weighted by molar-refractivity contribution is -0.121. The first kappa shape index (κ1) is 11.1. The van der Waals surface area contributed by atoms with Crippen molar-refractivity contribution in [1.29, 1.82) is 0 Å². The Morgan fingerprint density at radius 3 is 2.73 bits per heavy atom. The lowest BCUT2D eigenvalue weighted by Crippen LogP contribution is -2.45. The van der Waals surface area contributed by atoms with E-state index in [4.69, 9.17) is 4.74 Å². The van der Waals surface area contributed by atoms with Crippen LogP contribution in [-0.2, 0) is 9.53 Å². The zero-order chi connectivity index (χ0) is 10.7. The molecule has 2 aliphatic heterocycles. The average Bonchev–Trinajstić information content (AvgIpc) is 2.17. The van der Waals surface area contributed by atoms with Crippen LogP contribution in [0.3, 0.4) is 0 Å². The van der Waals surface area contributed by atoms with Crippen LogP contribution in [-0.4, -0.2) is 31.1 Å². The first-order valence-electron chi connectivity index (χ1n) is 6.09.